The molecule has 0 atom stereocenters. The molecule has 2 N–H and O–H groups in total. The van der Waals surface area contributed by atoms with Gasteiger partial charge in [-0.2, -0.15) is 0 Å². The number of phenolic OH excluding ortho intramolecular Hbond substituents is 1. The molecule has 3 rings (SSSR count). The molecule has 1 aromatic rings. The second kappa shape index (κ2) is 6.45. The maximum absolute atomic E-state index is 12.4. The van der Waals surface area contributed by atoms with E-state index in [9.17, 15) is 9.90 Å². The molecular formula is C16H23N3O2. The molecule has 0 spiro atoms. The second-order valence-corrected chi connectivity index (χ2v) is 5.86. The number of nitrogens with one attached hydrogen (secondary N) is 1. The molecule has 1 aromatic carbocycles. The standard InChI is InChI=1S/C16H23N3O2/c20-15-3-1-13(2-4-15)16(21)19-11-9-18(10-12-19)14-5-7-17-8-6-14/h1-4,14,17,20H,5-12H2. The minimum absolute atomic E-state index is 0.0694. The Labute approximate surface area is 125 Å². The van der Waals surface area contributed by atoms with Crippen LogP contribution in [0.3, 0.4) is 0 Å². The quantitative estimate of drug-likeness (QED) is 0.849. The average Bonchev–Trinajstić information content (AvgIpc) is 2.56. The molecule has 2 saturated heterocycles. The summed E-state index contributed by atoms with van der Waals surface area (Å²) in [6.45, 7) is 5.74. The van der Waals surface area contributed by atoms with Crippen LogP contribution in [0, 0.1) is 0 Å². The first-order valence-corrected chi connectivity index (χ1v) is 7.77. The summed E-state index contributed by atoms with van der Waals surface area (Å²) in [5.41, 5.74) is 0.656. The van der Waals surface area contributed by atoms with Gasteiger partial charge in [0.25, 0.3) is 5.91 Å². The van der Waals surface area contributed by atoms with Crippen LogP contribution in [0.4, 0.5) is 0 Å². The van der Waals surface area contributed by atoms with Gasteiger partial charge in [-0.1, -0.05) is 0 Å². The predicted molar refractivity (Wildman–Crippen MR) is 81.5 cm³/mol. The van der Waals surface area contributed by atoms with Gasteiger partial charge in [0, 0.05) is 37.8 Å². The Bertz CT molecular complexity index is 475. The number of hydrogen-bond acceptors (Lipinski definition) is 4. The Kier molecular flexibility index (Phi) is 4.41. The Hall–Kier alpha value is -1.59. The van der Waals surface area contributed by atoms with Gasteiger partial charge < -0.3 is 15.3 Å². The minimum Gasteiger partial charge on any atom is -0.508 e. The highest BCUT2D eigenvalue weighted by atomic mass is 16.3. The van der Waals surface area contributed by atoms with Gasteiger partial charge in [-0.15, -0.1) is 0 Å². The SMILES string of the molecule is O=C(c1ccc(O)cc1)N1CCN(C2CCNCC2)CC1. The first kappa shape index (κ1) is 14.4. The molecule has 2 heterocycles. The Morgan fingerprint density at radius 1 is 1.05 bits per heavy atom. The van der Waals surface area contributed by atoms with Gasteiger partial charge in [0.2, 0.25) is 0 Å². The lowest BCUT2D eigenvalue weighted by Crippen LogP contribution is -2.53. The van der Waals surface area contributed by atoms with Crippen LogP contribution >= 0.6 is 0 Å². The molecule has 0 bridgehead atoms. The van der Waals surface area contributed by atoms with Crippen LogP contribution in [0.2, 0.25) is 0 Å². The summed E-state index contributed by atoms with van der Waals surface area (Å²) in [7, 11) is 0. The van der Waals surface area contributed by atoms with Gasteiger partial charge in [0.15, 0.2) is 0 Å². The molecule has 0 unspecified atom stereocenters. The van der Waals surface area contributed by atoms with Gasteiger partial charge >= 0.3 is 0 Å². The van der Waals surface area contributed by atoms with E-state index in [1.54, 1.807) is 24.3 Å². The molecule has 0 radical (unpaired) electrons. The van der Waals surface area contributed by atoms with Crippen LogP contribution in [0.25, 0.3) is 0 Å². The fourth-order valence-electron chi connectivity index (χ4n) is 3.25. The number of piperidine rings is 1. The third-order valence-electron chi connectivity index (χ3n) is 4.54. The fourth-order valence-corrected chi connectivity index (χ4v) is 3.25. The van der Waals surface area contributed by atoms with Crippen LogP contribution in [0.5, 0.6) is 5.75 Å². The van der Waals surface area contributed by atoms with Crippen molar-refractivity contribution >= 4 is 5.91 Å². The Morgan fingerprint density at radius 3 is 2.29 bits per heavy atom. The highest BCUT2D eigenvalue weighted by Gasteiger charge is 2.27. The number of hydrogen-bond donors (Lipinski definition) is 2. The summed E-state index contributed by atoms with van der Waals surface area (Å²) in [5, 5.41) is 12.7. The number of rotatable bonds is 2. The molecule has 114 valence electrons. The molecule has 5 heteroatoms. The Balaban J connectivity index is 1.55. The minimum atomic E-state index is 0.0694. The molecule has 2 aliphatic rings. The van der Waals surface area contributed by atoms with Gasteiger partial charge in [-0.25, -0.2) is 0 Å². The van der Waals surface area contributed by atoms with E-state index in [4.69, 9.17) is 0 Å². The molecule has 0 aromatic heterocycles. The lowest BCUT2D eigenvalue weighted by atomic mass is 10.0. The van der Waals surface area contributed by atoms with E-state index < -0.39 is 0 Å². The molecule has 0 saturated carbocycles. The number of phenols is 1. The summed E-state index contributed by atoms with van der Waals surface area (Å²) >= 11 is 0. The van der Waals surface area contributed by atoms with Crippen molar-refractivity contribution in [2.45, 2.75) is 18.9 Å². The number of piperazine rings is 1. The zero-order valence-corrected chi connectivity index (χ0v) is 12.3. The zero-order chi connectivity index (χ0) is 14.7. The monoisotopic (exact) mass is 289 g/mol. The molecule has 2 aliphatic heterocycles. The van der Waals surface area contributed by atoms with Crippen LogP contribution in [-0.2, 0) is 0 Å². The van der Waals surface area contributed by atoms with Gasteiger partial charge in [-0.3, -0.25) is 9.69 Å². The smallest absolute Gasteiger partial charge is 0.253 e. The highest BCUT2D eigenvalue weighted by molar-refractivity contribution is 5.94. The maximum Gasteiger partial charge on any atom is 0.253 e. The van der Waals surface area contributed by atoms with Crippen molar-refractivity contribution in [2.24, 2.45) is 0 Å². The van der Waals surface area contributed by atoms with Crippen molar-refractivity contribution < 1.29 is 9.90 Å². The largest absolute Gasteiger partial charge is 0.508 e. The van der Waals surface area contributed by atoms with Crippen LogP contribution < -0.4 is 5.32 Å². The van der Waals surface area contributed by atoms with Crippen molar-refractivity contribution in [2.75, 3.05) is 39.3 Å². The maximum atomic E-state index is 12.4. The van der Waals surface area contributed by atoms with Crippen molar-refractivity contribution in [3.05, 3.63) is 29.8 Å². The second-order valence-electron chi connectivity index (χ2n) is 5.86. The number of aromatic hydroxyl groups is 1. The number of benzene rings is 1. The van der Waals surface area contributed by atoms with E-state index >= 15 is 0 Å². The molecule has 2 fully saturated rings. The lowest BCUT2D eigenvalue weighted by Gasteiger charge is -2.40. The first-order valence-electron chi connectivity index (χ1n) is 7.77. The number of nitrogens with zero attached hydrogens (tertiary/aromatic N) is 2. The van der Waals surface area contributed by atoms with Crippen molar-refractivity contribution in [1.82, 2.24) is 15.1 Å². The van der Waals surface area contributed by atoms with Crippen molar-refractivity contribution in [3.8, 4) is 5.75 Å². The van der Waals surface area contributed by atoms with E-state index in [-0.39, 0.29) is 11.7 Å². The average molecular weight is 289 g/mol. The molecule has 0 aliphatic carbocycles. The third-order valence-corrected chi connectivity index (χ3v) is 4.54. The number of carbonyl (C=O) groups excluding carboxylic acids is 1. The number of amides is 1. The van der Waals surface area contributed by atoms with Crippen LogP contribution in [-0.4, -0.2) is 66.1 Å². The number of carbonyl (C=O) groups is 1. The van der Waals surface area contributed by atoms with E-state index in [0.717, 1.165) is 39.3 Å². The molecular weight excluding hydrogens is 266 g/mol. The zero-order valence-electron chi connectivity index (χ0n) is 12.3. The van der Waals surface area contributed by atoms with Crippen LogP contribution in [0.15, 0.2) is 24.3 Å². The van der Waals surface area contributed by atoms with Crippen molar-refractivity contribution in [3.63, 3.8) is 0 Å². The highest BCUT2D eigenvalue weighted by Crippen LogP contribution is 2.17. The molecule has 1 amide bonds. The summed E-state index contributed by atoms with van der Waals surface area (Å²) in [4.78, 5) is 16.9. The van der Waals surface area contributed by atoms with E-state index in [1.165, 1.54) is 12.8 Å². The van der Waals surface area contributed by atoms with E-state index in [0.29, 0.717) is 11.6 Å². The lowest BCUT2D eigenvalue weighted by molar-refractivity contribution is 0.0532. The summed E-state index contributed by atoms with van der Waals surface area (Å²) in [6.07, 6.45) is 2.43. The topological polar surface area (TPSA) is 55.8 Å². The van der Waals surface area contributed by atoms with Gasteiger partial charge in [0.1, 0.15) is 5.75 Å². The van der Waals surface area contributed by atoms with Crippen LogP contribution in [0.1, 0.15) is 23.2 Å². The fraction of sp³-hybridized carbons (Fsp3) is 0.562. The summed E-state index contributed by atoms with van der Waals surface area (Å²) in [6, 6.07) is 7.20. The first-order chi connectivity index (χ1) is 10.2. The summed E-state index contributed by atoms with van der Waals surface area (Å²) in [5.74, 6) is 0.266. The molecule has 21 heavy (non-hydrogen) atoms. The predicted octanol–water partition coefficient (Wildman–Crippen LogP) is 0.902. The van der Waals surface area contributed by atoms with Crippen molar-refractivity contribution in [1.29, 1.82) is 0 Å². The van der Waals surface area contributed by atoms with E-state index in [2.05, 4.69) is 10.2 Å². The summed E-state index contributed by atoms with van der Waals surface area (Å²) < 4.78 is 0. The Morgan fingerprint density at radius 2 is 1.67 bits per heavy atom. The molecule has 5 nitrogen and oxygen atoms in total. The van der Waals surface area contributed by atoms with Gasteiger partial charge in [-0.05, 0) is 50.2 Å². The normalized spacial score (nSPS) is 21.4. The van der Waals surface area contributed by atoms with E-state index in [1.807, 2.05) is 4.90 Å². The third kappa shape index (κ3) is 3.36. The van der Waals surface area contributed by atoms with Gasteiger partial charge in [0.05, 0.1) is 0 Å².